The van der Waals surface area contributed by atoms with Gasteiger partial charge in [-0.25, -0.2) is 14.1 Å². The summed E-state index contributed by atoms with van der Waals surface area (Å²) in [5, 5.41) is 7.94. The maximum Gasteiger partial charge on any atom is 0.178 e. The number of rotatable bonds is 2. The number of nitrogens with zero attached hydrogens (tertiary/aromatic N) is 4. The fourth-order valence-corrected chi connectivity index (χ4v) is 1.70. The molecule has 84 valence electrons. The molecule has 0 aliphatic carbocycles. The first kappa shape index (κ1) is 9.89. The number of fused-ring (bicyclic) bond motifs is 1. The van der Waals surface area contributed by atoms with E-state index in [1.165, 1.54) is 6.07 Å². The van der Waals surface area contributed by atoms with Crippen LogP contribution in [0.15, 0.2) is 42.6 Å². The topological polar surface area (TPSA) is 43.6 Å². The van der Waals surface area contributed by atoms with Crippen molar-refractivity contribution < 1.29 is 4.39 Å². The van der Waals surface area contributed by atoms with E-state index in [0.717, 1.165) is 0 Å². The smallest absolute Gasteiger partial charge is 0.178 e. The summed E-state index contributed by atoms with van der Waals surface area (Å²) >= 11 is 0. The fourth-order valence-electron chi connectivity index (χ4n) is 1.70. The third-order valence-electron chi connectivity index (χ3n) is 2.55. The Labute approximate surface area is 96.7 Å². The Bertz CT molecular complexity index is 662. The van der Waals surface area contributed by atoms with Crippen molar-refractivity contribution in [2.24, 2.45) is 0 Å². The summed E-state index contributed by atoms with van der Waals surface area (Å²) in [6.45, 7) is 0.334. The summed E-state index contributed by atoms with van der Waals surface area (Å²) in [6, 6.07) is 10.2. The Morgan fingerprint density at radius 3 is 2.88 bits per heavy atom. The lowest BCUT2D eigenvalue weighted by molar-refractivity contribution is 0.582. The van der Waals surface area contributed by atoms with Crippen molar-refractivity contribution in [1.82, 2.24) is 20.0 Å². The molecule has 0 atom stereocenters. The van der Waals surface area contributed by atoms with Gasteiger partial charge in [0.25, 0.3) is 0 Å². The molecule has 0 aliphatic heterocycles. The largest absolute Gasteiger partial charge is 0.235 e. The van der Waals surface area contributed by atoms with Gasteiger partial charge in [-0.15, -0.1) is 5.10 Å². The monoisotopic (exact) mass is 228 g/mol. The van der Waals surface area contributed by atoms with E-state index in [9.17, 15) is 4.39 Å². The van der Waals surface area contributed by atoms with Crippen LogP contribution in [0.4, 0.5) is 4.39 Å². The lowest BCUT2D eigenvalue weighted by atomic mass is 10.2. The molecule has 0 radical (unpaired) electrons. The Balaban J connectivity index is 2.03. The van der Waals surface area contributed by atoms with Crippen LogP contribution in [0.3, 0.4) is 0 Å². The summed E-state index contributed by atoms with van der Waals surface area (Å²) in [6.07, 6.45) is 1.67. The normalized spacial score (nSPS) is 10.9. The number of halogens is 1. The molecule has 4 nitrogen and oxygen atoms in total. The molecule has 5 heteroatoms. The van der Waals surface area contributed by atoms with E-state index < -0.39 is 0 Å². The number of aromatic nitrogens is 4. The van der Waals surface area contributed by atoms with Crippen LogP contribution in [0.2, 0.25) is 0 Å². The molecule has 0 aliphatic rings. The van der Waals surface area contributed by atoms with Gasteiger partial charge in [0.2, 0.25) is 0 Å². The van der Waals surface area contributed by atoms with Gasteiger partial charge in [-0.2, -0.15) is 0 Å². The number of pyridine rings is 1. The first-order valence-electron chi connectivity index (χ1n) is 5.22. The highest BCUT2D eigenvalue weighted by molar-refractivity contribution is 5.68. The van der Waals surface area contributed by atoms with Crippen molar-refractivity contribution >= 4 is 11.2 Å². The highest BCUT2D eigenvalue weighted by Gasteiger charge is 2.07. The SMILES string of the molecule is Fc1ccccc1Cn1nnc2cccnc21. The van der Waals surface area contributed by atoms with E-state index in [1.54, 1.807) is 35.1 Å². The van der Waals surface area contributed by atoms with Gasteiger partial charge in [0, 0.05) is 11.8 Å². The van der Waals surface area contributed by atoms with Crippen molar-refractivity contribution in [3.63, 3.8) is 0 Å². The molecule has 0 amide bonds. The Morgan fingerprint density at radius 1 is 1.12 bits per heavy atom. The van der Waals surface area contributed by atoms with E-state index in [4.69, 9.17) is 0 Å². The molecular formula is C12H9FN4. The van der Waals surface area contributed by atoms with Crippen LogP contribution in [0.5, 0.6) is 0 Å². The maximum atomic E-state index is 13.5. The molecule has 2 aromatic heterocycles. The van der Waals surface area contributed by atoms with Crippen LogP contribution < -0.4 is 0 Å². The second-order valence-electron chi connectivity index (χ2n) is 3.68. The summed E-state index contributed by atoms with van der Waals surface area (Å²) in [5.74, 6) is -0.243. The molecule has 0 bridgehead atoms. The van der Waals surface area contributed by atoms with Gasteiger partial charge in [0.15, 0.2) is 5.65 Å². The standard InChI is InChI=1S/C12H9FN4/c13-10-5-2-1-4-9(10)8-17-12-11(15-16-17)6-3-7-14-12/h1-7H,8H2. The lowest BCUT2D eigenvalue weighted by Crippen LogP contribution is -2.04. The summed E-state index contributed by atoms with van der Waals surface area (Å²) in [4.78, 5) is 4.18. The van der Waals surface area contributed by atoms with Gasteiger partial charge in [-0.3, -0.25) is 0 Å². The minimum Gasteiger partial charge on any atom is -0.235 e. The molecular weight excluding hydrogens is 219 g/mol. The fraction of sp³-hybridized carbons (Fsp3) is 0.0833. The van der Waals surface area contributed by atoms with Crippen molar-refractivity contribution in [2.45, 2.75) is 6.54 Å². The van der Waals surface area contributed by atoms with E-state index in [-0.39, 0.29) is 5.82 Å². The van der Waals surface area contributed by atoms with Crippen molar-refractivity contribution in [2.75, 3.05) is 0 Å². The minimum absolute atomic E-state index is 0.243. The molecule has 0 unspecified atom stereocenters. The zero-order chi connectivity index (χ0) is 11.7. The van der Waals surface area contributed by atoms with Crippen LogP contribution >= 0.6 is 0 Å². The molecule has 3 rings (SSSR count). The molecule has 3 aromatic rings. The van der Waals surface area contributed by atoms with E-state index in [2.05, 4.69) is 15.3 Å². The van der Waals surface area contributed by atoms with Gasteiger partial charge in [0.1, 0.15) is 11.3 Å². The van der Waals surface area contributed by atoms with Crippen molar-refractivity contribution in [3.05, 3.63) is 54.0 Å². The highest BCUT2D eigenvalue weighted by Crippen LogP contribution is 2.11. The second kappa shape index (κ2) is 3.93. The van der Waals surface area contributed by atoms with Gasteiger partial charge >= 0.3 is 0 Å². The Morgan fingerprint density at radius 2 is 2.00 bits per heavy atom. The van der Waals surface area contributed by atoms with Gasteiger partial charge in [0.05, 0.1) is 6.54 Å². The zero-order valence-corrected chi connectivity index (χ0v) is 8.92. The van der Waals surface area contributed by atoms with E-state index in [0.29, 0.717) is 23.3 Å². The van der Waals surface area contributed by atoms with E-state index in [1.807, 2.05) is 6.07 Å². The van der Waals surface area contributed by atoms with Crippen LogP contribution in [0.25, 0.3) is 11.2 Å². The average Bonchev–Trinajstić information content (AvgIpc) is 2.76. The zero-order valence-electron chi connectivity index (χ0n) is 8.92. The van der Waals surface area contributed by atoms with Gasteiger partial charge < -0.3 is 0 Å². The molecule has 0 saturated carbocycles. The number of hydrogen-bond donors (Lipinski definition) is 0. The average molecular weight is 228 g/mol. The Hall–Kier alpha value is -2.30. The molecule has 0 spiro atoms. The molecule has 17 heavy (non-hydrogen) atoms. The van der Waals surface area contributed by atoms with Crippen LogP contribution in [-0.4, -0.2) is 20.0 Å². The highest BCUT2D eigenvalue weighted by atomic mass is 19.1. The lowest BCUT2D eigenvalue weighted by Gasteiger charge is -2.02. The van der Waals surface area contributed by atoms with Crippen molar-refractivity contribution in [1.29, 1.82) is 0 Å². The quantitative estimate of drug-likeness (QED) is 0.674. The van der Waals surface area contributed by atoms with Gasteiger partial charge in [-0.1, -0.05) is 23.4 Å². The second-order valence-corrected chi connectivity index (χ2v) is 3.68. The first-order chi connectivity index (χ1) is 8.34. The van der Waals surface area contributed by atoms with E-state index >= 15 is 0 Å². The molecule has 0 N–H and O–H groups in total. The maximum absolute atomic E-state index is 13.5. The summed E-state index contributed by atoms with van der Waals surface area (Å²) in [7, 11) is 0. The first-order valence-corrected chi connectivity index (χ1v) is 5.22. The predicted molar refractivity (Wildman–Crippen MR) is 60.8 cm³/mol. The number of hydrogen-bond acceptors (Lipinski definition) is 3. The predicted octanol–water partition coefficient (Wildman–Crippen LogP) is 2.01. The van der Waals surface area contributed by atoms with Crippen LogP contribution in [0.1, 0.15) is 5.56 Å². The molecule has 1 aromatic carbocycles. The molecule has 0 fully saturated rings. The minimum atomic E-state index is -0.243. The molecule has 0 saturated heterocycles. The Kier molecular flexibility index (Phi) is 2.29. The summed E-state index contributed by atoms with van der Waals surface area (Å²) in [5.41, 5.74) is 1.95. The summed E-state index contributed by atoms with van der Waals surface area (Å²) < 4.78 is 15.1. The molecule has 2 heterocycles. The van der Waals surface area contributed by atoms with Crippen molar-refractivity contribution in [3.8, 4) is 0 Å². The third kappa shape index (κ3) is 1.75. The third-order valence-corrected chi connectivity index (χ3v) is 2.55. The van der Waals surface area contributed by atoms with Crippen LogP contribution in [-0.2, 0) is 6.54 Å². The number of benzene rings is 1. The van der Waals surface area contributed by atoms with Gasteiger partial charge in [-0.05, 0) is 18.2 Å². The van der Waals surface area contributed by atoms with Crippen LogP contribution in [0, 0.1) is 5.82 Å².